The summed E-state index contributed by atoms with van der Waals surface area (Å²) in [6, 6.07) is 14.0. The molecule has 7 nitrogen and oxygen atoms in total. The number of likely N-dealkylation sites (N-methyl/N-ethyl adjacent to an activating group) is 1. The maximum absolute atomic E-state index is 13.2. The van der Waals surface area contributed by atoms with Crippen molar-refractivity contribution >= 4 is 33.4 Å². The van der Waals surface area contributed by atoms with Crippen molar-refractivity contribution in [3.8, 4) is 11.5 Å². The predicted molar refractivity (Wildman–Crippen MR) is 158 cm³/mol. The van der Waals surface area contributed by atoms with Crippen LogP contribution in [0.4, 0.5) is 0 Å². The lowest BCUT2D eigenvalue weighted by atomic mass is 9.71. The van der Waals surface area contributed by atoms with Crippen molar-refractivity contribution in [2.75, 3.05) is 27.3 Å². The molecule has 1 heterocycles. The minimum atomic E-state index is -0.420. The molecule has 3 aliphatic rings. The normalized spacial score (nSPS) is 17.1. The Hall–Kier alpha value is -3.39. The van der Waals surface area contributed by atoms with Crippen molar-refractivity contribution in [3.63, 3.8) is 0 Å². The van der Waals surface area contributed by atoms with Crippen molar-refractivity contribution < 1.29 is 23.9 Å². The first-order valence-electron chi connectivity index (χ1n) is 13.8. The Morgan fingerprint density at radius 3 is 2.08 bits per heavy atom. The molecule has 2 aromatic carbocycles. The summed E-state index contributed by atoms with van der Waals surface area (Å²) in [6.07, 6.45) is 4.32. The number of allylic oxidation sites excluding steroid dienone is 4. The molecule has 1 N–H and O–H groups in total. The van der Waals surface area contributed by atoms with Crippen LogP contribution in [0.2, 0.25) is 0 Å². The largest absolute Gasteiger partial charge is 0.493 e. The van der Waals surface area contributed by atoms with Gasteiger partial charge in [-0.1, -0.05) is 35.9 Å². The minimum absolute atomic E-state index is 0.111. The molecule has 0 spiro atoms. The van der Waals surface area contributed by atoms with E-state index in [2.05, 4.69) is 52.1 Å². The van der Waals surface area contributed by atoms with Gasteiger partial charge < -0.3 is 19.7 Å². The van der Waals surface area contributed by atoms with Crippen LogP contribution in [0.25, 0.3) is 0 Å². The average Bonchev–Trinajstić information content (AvgIpc) is 2.96. The number of carbonyl (C=O) groups excluding carboxylic acids is 3. The maximum atomic E-state index is 13.2. The number of hydrogen-bond acceptors (Lipinski definition) is 6. The van der Waals surface area contributed by atoms with Crippen LogP contribution in [-0.4, -0.2) is 49.7 Å². The Morgan fingerprint density at radius 2 is 1.60 bits per heavy atom. The summed E-state index contributed by atoms with van der Waals surface area (Å²) < 4.78 is 11.9. The van der Waals surface area contributed by atoms with E-state index in [1.165, 1.54) is 12.7 Å². The van der Waals surface area contributed by atoms with Crippen molar-refractivity contribution in [3.05, 3.63) is 80.6 Å². The molecule has 40 heavy (non-hydrogen) atoms. The molecule has 0 saturated heterocycles. The van der Waals surface area contributed by atoms with Crippen molar-refractivity contribution in [2.45, 2.75) is 58.3 Å². The molecule has 0 bridgehead atoms. The fourth-order valence-corrected chi connectivity index (χ4v) is 6.30. The molecule has 2 aliphatic carbocycles. The Morgan fingerprint density at radius 1 is 1.00 bits per heavy atom. The number of amides is 1. The molecule has 0 radical (unpaired) electrons. The molecule has 212 valence electrons. The molecule has 0 unspecified atom stereocenters. The molecule has 0 aromatic heterocycles. The number of rotatable bonds is 6. The van der Waals surface area contributed by atoms with E-state index < -0.39 is 5.92 Å². The van der Waals surface area contributed by atoms with Gasteiger partial charge in [-0.2, -0.15) is 0 Å². The second kappa shape index (κ2) is 13.3. The van der Waals surface area contributed by atoms with Gasteiger partial charge in [-0.25, -0.2) is 0 Å². The van der Waals surface area contributed by atoms with Crippen LogP contribution < -0.4 is 14.8 Å². The van der Waals surface area contributed by atoms with Crippen LogP contribution in [0.3, 0.4) is 0 Å². The van der Waals surface area contributed by atoms with Gasteiger partial charge in [0.15, 0.2) is 29.7 Å². The van der Waals surface area contributed by atoms with Crippen molar-refractivity contribution in [2.24, 2.45) is 0 Å². The third kappa shape index (κ3) is 6.17. The Balaban J connectivity index is 0.000000461. The number of hydrogen-bond donors (Lipinski definition) is 1. The van der Waals surface area contributed by atoms with Gasteiger partial charge in [-0.3, -0.25) is 14.4 Å². The van der Waals surface area contributed by atoms with Gasteiger partial charge in [0.25, 0.3) is 5.91 Å². The number of ether oxygens (including phenoxy) is 2. The molecule has 8 heteroatoms. The van der Waals surface area contributed by atoms with Crippen molar-refractivity contribution in [1.29, 1.82) is 0 Å². The number of ketones is 2. The fraction of sp³-hybridized carbons (Fsp3) is 0.406. The summed E-state index contributed by atoms with van der Waals surface area (Å²) >= 11 is 3.56. The first-order valence-corrected chi connectivity index (χ1v) is 14.6. The Bertz CT molecular complexity index is 1300. The number of methoxy groups -OCH3 is 1. The van der Waals surface area contributed by atoms with Gasteiger partial charge in [0.1, 0.15) is 0 Å². The van der Waals surface area contributed by atoms with Crippen LogP contribution in [0, 0.1) is 6.92 Å². The van der Waals surface area contributed by atoms with Gasteiger partial charge in [-0.15, -0.1) is 0 Å². The molecule has 0 fully saturated rings. The van der Waals surface area contributed by atoms with E-state index in [4.69, 9.17) is 9.47 Å². The summed E-state index contributed by atoms with van der Waals surface area (Å²) in [4.78, 5) is 40.4. The van der Waals surface area contributed by atoms with Crippen LogP contribution in [-0.2, 0) is 14.4 Å². The number of carbonyl (C=O) groups is 3. The number of halogens is 1. The van der Waals surface area contributed by atoms with E-state index in [0.29, 0.717) is 28.8 Å². The van der Waals surface area contributed by atoms with Gasteiger partial charge in [0, 0.05) is 54.9 Å². The monoisotopic (exact) mass is 608 g/mol. The lowest BCUT2D eigenvalue weighted by molar-refractivity contribution is -0.122. The molecule has 0 atom stereocenters. The lowest BCUT2D eigenvalue weighted by Gasteiger charge is -2.43. The molecule has 1 aliphatic heterocycles. The van der Waals surface area contributed by atoms with Gasteiger partial charge in [0.2, 0.25) is 0 Å². The van der Waals surface area contributed by atoms with E-state index in [1.54, 1.807) is 7.05 Å². The highest BCUT2D eigenvalue weighted by Gasteiger charge is 2.43. The van der Waals surface area contributed by atoms with Gasteiger partial charge in [0.05, 0.1) is 11.6 Å². The summed E-state index contributed by atoms with van der Waals surface area (Å²) in [5.41, 5.74) is 5.73. The van der Waals surface area contributed by atoms with E-state index >= 15 is 0 Å². The zero-order valence-corrected chi connectivity index (χ0v) is 25.2. The first kappa shape index (κ1) is 29.6. The number of benzene rings is 2. The number of aryl methyl sites for hydroxylation is 1. The SMILES string of the molecule is CCN1C2=C(C(=O)CCC2)C(c2cc(Br)c(OCC(=O)NC)c(OC)c2)C2=C1CCCC2=O.Cc1ccccc1. The van der Waals surface area contributed by atoms with Crippen LogP contribution in [0.5, 0.6) is 11.5 Å². The zero-order valence-electron chi connectivity index (χ0n) is 23.6. The maximum Gasteiger partial charge on any atom is 0.257 e. The quantitative estimate of drug-likeness (QED) is 0.432. The van der Waals surface area contributed by atoms with Crippen LogP contribution >= 0.6 is 15.9 Å². The first-order chi connectivity index (χ1) is 19.3. The third-order valence-electron chi connectivity index (χ3n) is 7.55. The molecular weight excluding hydrogens is 572 g/mol. The van der Waals surface area contributed by atoms with Crippen molar-refractivity contribution in [1.82, 2.24) is 10.2 Å². The number of Topliss-reactive ketones (excluding diaryl/α,β-unsaturated/α-hetero) is 2. The second-order valence-corrected chi connectivity index (χ2v) is 11.0. The standard InChI is InChI=1S/C25H29BrN2O5.C7H8/c1-4-28-16-7-5-9-18(29)23(16)22(24-17(28)8-6-10-19(24)30)14-11-15(26)25(20(12-14)32-3)33-13-21(31)27-2;1-7-5-3-2-4-6-7/h11-12,22H,4-10,13H2,1-3H3,(H,27,31);2-6H,1H3. The molecule has 2 aromatic rings. The summed E-state index contributed by atoms with van der Waals surface area (Å²) in [5, 5.41) is 2.52. The highest BCUT2D eigenvalue weighted by atomic mass is 79.9. The van der Waals surface area contributed by atoms with Gasteiger partial charge >= 0.3 is 0 Å². The molecule has 0 saturated carbocycles. The van der Waals surface area contributed by atoms with Gasteiger partial charge in [-0.05, 0) is 73.2 Å². The Labute approximate surface area is 244 Å². The van der Waals surface area contributed by atoms with E-state index in [-0.39, 0.29) is 24.1 Å². The summed E-state index contributed by atoms with van der Waals surface area (Å²) in [6.45, 7) is 4.75. The zero-order chi connectivity index (χ0) is 28.8. The molecule has 5 rings (SSSR count). The third-order valence-corrected chi connectivity index (χ3v) is 8.14. The molecule has 1 amide bonds. The molecular formula is C32H37BrN2O5. The lowest BCUT2D eigenvalue weighted by Crippen LogP contribution is -2.39. The smallest absolute Gasteiger partial charge is 0.257 e. The Kier molecular flexibility index (Phi) is 9.85. The van der Waals surface area contributed by atoms with E-state index in [0.717, 1.165) is 60.3 Å². The summed E-state index contributed by atoms with van der Waals surface area (Å²) in [5.74, 6) is 0.391. The fourth-order valence-electron chi connectivity index (χ4n) is 5.72. The predicted octanol–water partition coefficient (Wildman–Crippen LogP) is 6.01. The number of nitrogens with zero attached hydrogens (tertiary/aromatic N) is 1. The second-order valence-electron chi connectivity index (χ2n) is 10.1. The van der Waals surface area contributed by atoms with E-state index in [9.17, 15) is 14.4 Å². The average molecular weight is 610 g/mol. The summed E-state index contributed by atoms with van der Waals surface area (Å²) in [7, 11) is 3.08. The highest BCUT2D eigenvalue weighted by Crippen LogP contribution is 2.51. The topological polar surface area (TPSA) is 84.9 Å². The van der Waals surface area contributed by atoms with E-state index in [1.807, 2.05) is 30.3 Å². The van der Waals surface area contributed by atoms with Crippen LogP contribution in [0.1, 0.15) is 62.5 Å². The minimum Gasteiger partial charge on any atom is -0.493 e. The van der Waals surface area contributed by atoms with Crippen LogP contribution in [0.15, 0.2) is 69.5 Å². The number of nitrogens with one attached hydrogen (secondary N) is 1. The highest BCUT2D eigenvalue weighted by molar-refractivity contribution is 9.10.